The summed E-state index contributed by atoms with van der Waals surface area (Å²) < 4.78 is 1.97. The summed E-state index contributed by atoms with van der Waals surface area (Å²) in [6.45, 7) is 3.54. The summed E-state index contributed by atoms with van der Waals surface area (Å²) in [4.78, 5) is 4.47. The highest BCUT2D eigenvalue weighted by atomic mass is 32.1. The maximum atomic E-state index is 5.48. The van der Waals surface area contributed by atoms with E-state index >= 15 is 0 Å². The lowest BCUT2D eigenvalue weighted by Gasteiger charge is -1.98. The minimum atomic E-state index is 0.632. The van der Waals surface area contributed by atoms with Gasteiger partial charge < -0.3 is 10.3 Å². The van der Waals surface area contributed by atoms with Gasteiger partial charge in [0.2, 0.25) is 0 Å². The average Bonchev–Trinajstić information content (AvgIpc) is 2.84. The molecule has 2 aromatic heterocycles. The molecule has 2 N–H and O–H groups in total. The third kappa shape index (κ3) is 2.05. The van der Waals surface area contributed by atoms with Gasteiger partial charge in [-0.2, -0.15) is 0 Å². The van der Waals surface area contributed by atoms with E-state index in [1.165, 1.54) is 0 Å². The van der Waals surface area contributed by atoms with Crippen LogP contribution in [0.25, 0.3) is 11.5 Å². The molecule has 0 saturated carbocycles. The van der Waals surface area contributed by atoms with Crippen molar-refractivity contribution in [2.75, 3.05) is 6.54 Å². The molecule has 0 fully saturated rings. The molecule has 0 aromatic carbocycles. The highest BCUT2D eigenvalue weighted by Gasteiger charge is 2.09. The van der Waals surface area contributed by atoms with Crippen molar-refractivity contribution < 1.29 is 0 Å². The van der Waals surface area contributed by atoms with Gasteiger partial charge in [-0.1, -0.05) is 0 Å². The molecule has 80 valence electrons. The van der Waals surface area contributed by atoms with Crippen LogP contribution in [0.4, 0.5) is 0 Å². The van der Waals surface area contributed by atoms with Crippen LogP contribution >= 0.6 is 11.3 Å². The summed E-state index contributed by atoms with van der Waals surface area (Å²) in [6, 6.07) is 0. The molecule has 2 heterocycles. The third-order valence-corrected chi connectivity index (χ3v) is 3.00. The minimum Gasteiger partial charge on any atom is -0.330 e. The molecule has 0 aliphatic heterocycles. The lowest BCUT2D eigenvalue weighted by molar-refractivity contribution is 0.764. The Kier molecular flexibility index (Phi) is 3.08. The first kappa shape index (κ1) is 10.3. The van der Waals surface area contributed by atoms with Crippen LogP contribution < -0.4 is 5.73 Å². The van der Waals surface area contributed by atoms with Crippen LogP contribution in [0.5, 0.6) is 0 Å². The minimum absolute atomic E-state index is 0.632. The maximum absolute atomic E-state index is 5.48. The Hall–Kier alpha value is -1.27. The third-order valence-electron chi connectivity index (χ3n) is 2.10. The zero-order valence-electron chi connectivity index (χ0n) is 8.55. The largest absolute Gasteiger partial charge is 0.330 e. The summed E-state index contributed by atoms with van der Waals surface area (Å²) in [5.74, 6) is 0.831. The highest BCUT2D eigenvalue weighted by molar-refractivity contribution is 7.09. The van der Waals surface area contributed by atoms with Crippen molar-refractivity contribution in [3.05, 3.63) is 16.7 Å². The average molecular weight is 223 g/mol. The van der Waals surface area contributed by atoms with Crippen LogP contribution in [0.1, 0.15) is 11.9 Å². The molecule has 0 radical (unpaired) electrons. The number of hydrogen-bond acceptors (Lipinski definition) is 5. The van der Waals surface area contributed by atoms with Crippen LogP contribution in [0, 0.1) is 0 Å². The van der Waals surface area contributed by atoms with Crippen molar-refractivity contribution in [1.29, 1.82) is 0 Å². The molecule has 0 unspecified atom stereocenters. The number of nitrogens with two attached hydrogens (primary N) is 1. The Balaban J connectivity index is 2.28. The molecule has 0 saturated heterocycles. The standard InChI is InChI=1S/C9H13N5S/c1-2-14-6-11-13-9(14)7-5-15-8(12-7)3-4-10/h5-6H,2-4,10H2,1H3. The summed E-state index contributed by atoms with van der Waals surface area (Å²) in [5.41, 5.74) is 6.37. The van der Waals surface area contributed by atoms with Gasteiger partial charge in [0.05, 0.1) is 5.01 Å². The van der Waals surface area contributed by atoms with Crippen molar-refractivity contribution in [1.82, 2.24) is 19.7 Å². The van der Waals surface area contributed by atoms with Crippen molar-refractivity contribution in [2.24, 2.45) is 5.73 Å². The molecule has 0 atom stereocenters. The molecule has 5 nitrogen and oxygen atoms in total. The van der Waals surface area contributed by atoms with E-state index in [2.05, 4.69) is 22.1 Å². The normalized spacial score (nSPS) is 10.8. The molecule has 6 heteroatoms. The monoisotopic (exact) mass is 223 g/mol. The number of thiazole rings is 1. The van der Waals surface area contributed by atoms with E-state index in [4.69, 9.17) is 5.73 Å². The van der Waals surface area contributed by atoms with E-state index in [0.29, 0.717) is 6.54 Å². The fraction of sp³-hybridized carbons (Fsp3) is 0.444. The van der Waals surface area contributed by atoms with Gasteiger partial charge in [0, 0.05) is 18.3 Å². The Morgan fingerprint density at radius 2 is 2.40 bits per heavy atom. The molecule has 2 rings (SSSR count). The zero-order chi connectivity index (χ0) is 10.7. The first-order chi connectivity index (χ1) is 7.35. The first-order valence-corrected chi connectivity index (χ1v) is 5.75. The quantitative estimate of drug-likeness (QED) is 0.837. The van der Waals surface area contributed by atoms with E-state index in [1.54, 1.807) is 17.7 Å². The summed E-state index contributed by atoms with van der Waals surface area (Å²) in [5, 5.41) is 11.0. The van der Waals surface area contributed by atoms with Crippen LogP contribution in [-0.2, 0) is 13.0 Å². The van der Waals surface area contributed by atoms with Crippen LogP contribution in [-0.4, -0.2) is 26.3 Å². The van der Waals surface area contributed by atoms with Gasteiger partial charge in [-0.05, 0) is 13.5 Å². The van der Waals surface area contributed by atoms with Crippen molar-refractivity contribution in [3.63, 3.8) is 0 Å². The molecule has 15 heavy (non-hydrogen) atoms. The highest BCUT2D eigenvalue weighted by Crippen LogP contribution is 2.19. The zero-order valence-corrected chi connectivity index (χ0v) is 9.37. The number of hydrogen-bond donors (Lipinski definition) is 1. The van der Waals surface area contributed by atoms with E-state index in [0.717, 1.165) is 29.5 Å². The predicted molar refractivity (Wildman–Crippen MR) is 59.6 cm³/mol. The Bertz CT molecular complexity index is 433. The second kappa shape index (κ2) is 4.50. The van der Waals surface area contributed by atoms with Gasteiger partial charge in [0.15, 0.2) is 5.82 Å². The SMILES string of the molecule is CCn1cnnc1-c1csc(CCN)n1. The van der Waals surface area contributed by atoms with E-state index < -0.39 is 0 Å². The molecular formula is C9H13N5S. The van der Waals surface area contributed by atoms with Gasteiger partial charge in [-0.25, -0.2) is 4.98 Å². The van der Waals surface area contributed by atoms with Gasteiger partial charge in [0.1, 0.15) is 12.0 Å². The number of rotatable bonds is 4. The maximum Gasteiger partial charge on any atom is 0.183 e. The number of aromatic nitrogens is 4. The smallest absolute Gasteiger partial charge is 0.183 e. The Labute approximate surface area is 92.0 Å². The van der Waals surface area contributed by atoms with Crippen molar-refractivity contribution in [2.45, 2.75) is 19.9 Å². The van der Waals surface area contributed by atoms with E-state index in [9.17, 15) is 0 Å². The lowest BCUT2D eigenvalue weighted by atomic mass is 10.4. The van der Waals surface area contributed by atoms with E-state index in [1.807, 2.05) is 9.95 Å². The molecular weight excluding hydrogens is 210 g/mol. The van der Waals surface area contributed by atoms with Gasteiger partial charge in [0.25, 0.3) is 0 Å². The number of nitrogens with zero attached hydrogens (tertiary/aromatic N) is 4. The van der Waals surface area contributed by atoms with Gasteiger partial charge in [-0.15, -0.1) is 21.5 Å². The fourth-order valence-corrected chi connectivity index (χ4v) is 2.13. The second-order valence-electron chi connectivity index (χ2n) is 3.11. The van der Waals surface area contributed by atoms with Gasteiger partial charge >= 0.3 is 0 Å². The van der Waals surface area contributed by atoms with Crippen molar-refractivity contribution >= 4 is 11.3 Å². The van der Waals surface area contributed by atoms with Crippen molar-refractivity contribution in [3.8, 4) is 11.5 Å². The summed E-state index contributed by atoms with van der Waals surface area (Å²) in [6.07, 6.45) is 2.54. The topological polar surface area (TPSA) is 69.6 Å². The molecule has 0 amide bonds. The molecule has 0 aliphatic carbocycles. The molecule has 0 aliphatic rings. The first-order valence-electron chi connectivity index (χ1n) is 4.87. The fourth-order valence-electron chi connectivity index (χ4n) is 1.34. The summed E-state index contributed by atoms with van der Waals surface area (Å²) >= 11 is 1.62. The number of aryl methyl sites for hydroxylation is 1. The molecule has 0 spiro atoms. The van der Waals surface area contributed by atoms with E-state index in [-0.39, 0.29) is 0 Å². The molecule has 2 aromatic rings. The summed E-state index contributed by atoms with van der Waals surface area (Å²) in [7, 11) is 0. The Morgan fingerprint density at radius 1 is 1.53 bits per heavy atom. The van der Waals surface area contributed by atoms with Crippen LogP contribution in [0.15, 0.2) is 11.7 Å². The molecule has 0 bridgehead atoms. The van der Waals surface area contributed by atoms with Gasteiger partial charge in [-0.3, -0.25) is 0 Å². The lowest BCUT2D eigenvalue weighted by Crippen LogP contribution is -2.02. The van der Waals surface area contributed by atoms with Crippen LogP contribution in [0.3, 0.4) is 0 Å². The predicted octanol–water partition coefficient (Wildman–Crippen LogP) is 0.923. The second-order valence-corrected chi connectivity index (χ2v) is 4.05. The van der Waals surface area contributed by atoms with Crippen LogP contribution in [0.2, 0.25) is 0 Å². The Morgan fingerprint density at radius 3 is 3.13 bits per heavy atom.